The molecule has 0 aliphatic carbocycles. The molecule has 0 fully saturated rings. The molecule has 0 atom stereocenters. The van der Waals surface area contributed by atoms with Gasteiger partial charge in [0.25, 0.3) is 0 Å². The van der Waals surface area contributed by atoms with Gasteiger partial charge in [0, 0.05) is 18.1 Å². The van der Waals surface area contributed by atoms with Crippen molar-refractivity contribution in [3.05, 3.63) is 36.0 Å². The standard InChI is InChI=1S/C15H20N2O/c1-15(2,3)18-14-13-8-6-5-7-12(13)11(9-16-4)10-17-14/h5-8,10,16H,9H2,1-4H3. The minimum atomic E-state index is -0.236. The van der Waals surface area contributed by atoms with Crippen LogP contribution in [0.3, 0.4) is 0 Å². The van der Waals surface area contributed by atoms with Crippen molar-refractivity contribution < 1.29 is 4.74 Å². The second-order valence-corrected chi connectivity index (χ2v) is 5.38. The van der Waals surface area contributed by atoms with Gasteiger partial charge in [-0.1, -0.05) is 18.2 Å². The van der Waals surface area contributed by atoms with Crippen molar-refractivity contribution in [1.29, 1.82) is 0 Å². The maximum atomic E-state index is 5.92. The maximum absolute atomic E-state index is 5.92. The lowest BCUT2D eigenvalue weighted by molar-refractivity contribution is 0.126. The highest BCUT2D eigenvalue weighted by Crippen LogP contribution is 2.28. The Hall–Kier alpha value is -1.61. The number of ether oxygens (including phenoxy) is 1. The summed E-state index contributed by atoms with van der Waals surface area (Å²) >= 11 is 0. The molecule has 18 heavy (non-hydrogen) atoms. The Morgan fingerprint density at radius 1 is 1.17 bits per heavy atom. The predicted octanol–water partition coefficient (Wildman–Crippen LogP) is 3.13. The third-order valence-electron chi connectivity index (χ3n) is 2.61. The lowest BCUT2D eigenvalue weighted by atomic mass is 10.1. The van der Waals surface area contributed by atoms with Crippen molar-refractivity contribution in [2.75, 3.05) is 7.05 Å². The molecule has 3 nitrogen and oxygen atoms in total. The smallest absolute Gasteiger partial charge is 0.221 e. The molecule has 1 heterocycles. The molecule has 0 saturated carbocycles. The number of hydrogen-bond donors (Lipinski definition) is 1. The van der Waals surface area contributed by atoms with Gasteiger partial charge < -0.3 is 10.1 Å². The molecule has 1 aromatic carbocycles. The minimum Gasteiger partial charge on any atom is -0.471 e. The second-order valence-electron chi connectivity index (χ2n) is 5.38. The molecule has 0 spiro atoms. The molecule has 0 amide bonds. The molecule has 0 unspecified atom stereocenters. The number of nitrogens with one attached hydrogen (secondary N) is 1. The summed E-state index contributed by atoms with van der Waals surface area (Å²) in [6.07, 6.45) is 1.89. The van der Waals surface area contributed by atoms with Crippen LogP contribution in [0, 0.1) is 0 Å². The zero-order valence-corrected chi connectivity index (χ0v) is 11.4. The molecular formula is C15H20N2O. The van der Waals surface area contributed by atoms with Crippen molar-refractivity contribution in [3.63, 3.8) is 0 Å². The number of benzene rings is 1. The van der Waals surface area contributed by atoms with Crippen LogP contribution in [0.25, 0.3) is 10.8 Å². The summed E-state index contributed by atoms with van der Waals surface area (Å²) in [6.45, 7) is 6.91. The van der Waals surface area contributed by atoms with Crippen LogP contribution in [0.1, 0.15) is 26.3 Å². The SMILES string of the molecule is CNCc1cnc(OC(C)(C)C)c2ccccc12. The molecule has 0 bridgehead atoms. The van der Waals surface area contributed by atoms with Crippen molar-refractivity contribution >= 4 is 10.8 Å². The first-order chi connectivity index (χ1) is 8.51. The first-order valence-corrected chi connectivity index (χ1v) is 6.21. The van der Waals surface area contributed by atoms with E-state index < -0.39 is 0 Å². The third kappa shape index (κ3) is 2.79. The first-order valence-electron chi connectivity index (χ1n) is 6.21. The Morgan fingerprint density at radius 2 is 1.83 bits per heavy atom. The fourth-order valence-electron chi connectivity index (χ4n) is 1.93. The number of fused-ring (bicyclic) bond motifs is 1. The number of hydrogen-bond acceptors (Lipinski definition) is 3. The Morgan fingerprint density at radius 3 is 2.44 bits per heavy atom. The van der Waals surface area contributed by atoms with Gasteiger partial charge in [0.05, 0.1) is 0 Å². The summed E-state index contributed by atoms with van der Waals surface area (Å²) in [5, 5.41) is 5.43. The molecule has 96 valence electrons. The van der Waals surface area contributed by atoms with Gasteiger partial charge in [-0.2, -0.15) is 0 Å². The zero-order valence-electron chi connectivity index (χ0n) is 11.4. The van der Waals surface area contributed by atoms with Crippen LogP contribution in [0.2, 0.25) is 0 Å². The van der Waals surface area contributed by atoms with Gasteiger partial charge in [0.15, 0.2) is 0 Å². The van der Waals surface area contributed by atoms with Crippen LogP contribution in [-0.2, 0) is 6.54 Å². The van der Waals surface area contributed by atoms with Crippen LogP contribution < -0.4 is 10.1 Å². The largest absolute Gasteiger partial charge is 0.471 e. The highest BCUT2D eigenvalue weighted by molar-refractivity contribution is 5.89. The quantitative estimate of drug-likeness (QED) is 0.900. The topological polar surface area (TPSA) is 34.2 Å². The van der Waals surface area contributed by atoms with Crippen LogP contribution in [0.5, 0.6) is 5.88 Å². The molecule has 3 heteroatoms. The molecule has 0 aliphatic rings. The molecule has 1 N–H and O–H groups in total. The number of aromatic nitrogens is 1. The van der Waals surface area contributed by atoms with Gasteiger partial charge in [-0.15, -0.1) is 0 Å². The van der Waals surface area contributed by atoms with E-state index in [9.17, 15) is 0 Å². The van der Waals surface area contributed by atoms with Gasteiger partial charge in [-0.3, -0.25) is 0 Å². The molecule has 1 aromatic heterocycles. The van der Waals surface area contributed by atoms with Gasteiger partial charge in [-0.05, 0) is 44.8 Å². The molecule has 0 radical (unpaired) electrons. The van der Waals surface area contributed by atoms with Crippen LogP contribution in [-0.4, -0.2) is 17.6 Å². The van der Waals surface area contributed by atoms with E-state index >= 15 is 0 Å². The third-order valence-corrected chi connectivity index (χ3v) is 2.61. The number of nitrogens with zero attached hydrogens (tertiary/aromatic N) is 1. The fourth-order valence-corrected chi connectivity index (χ4v) is 1.93. The first kappa shape index (κ1) is 12.8. The van der Waals surface area contributed by atoms with Crippen molar-refractivity contribution in [2.24, 2.45) is 0 Å². The monoisotopic (exact) mass is 244 g/mol. The molecule has 0 saturated heterocycles. The van der Waals surface area contributed by atoms with Gasteiger partial charge in [0.2, 0.25) is 5.88 Å². The lowest BCUT2D eigenvalue weighted by Crippen LogP contribution is -2.23. The predicted molar refractivity (Wildman–Crippen MR) is 74.9 cm³/mol. The summed E-state index contributed by atoms with van der Waals surface area (Å²) in [5.41, 5.74) is 0.953. The number of pyridine rings is 1. The Labute approximate surface area is 108 Å². The Bertz CT molecular complexity index is 544. The normalized spacial score (nSPS) is 11.8. The second kappa shape index (κ2) is 4.94. The zero-order chi connectivity index (χ0) is 13.2. The van der Waals surface area contributed by atoms with E-state index in [0.29, 0.717) is 5.88 Å². The van der Waals surface area contributed by atoms with E-state index in [0.717, 1.165) is 11.9 Å². The average molecular weight is 244 g/mol. The molecule has 0 aliphatic heterocycles. The fraction of sp³-hybridized carbons (Fsp3) is 0.400. The maximum Gasteiger partial charge on any atom is 0.221 e. The molecule has 2 aromatic rings. The summed E-state index contributed by atoms with van der Waals surface area (Å²) < 4.78 is 5.92. The van der Waals surface area contributed by atoms with Crippen molar-refractivity contribution in [2.45, 2.75) is 32.9 Å². The molecular weight excluding hydrogens is 224 g/mol. The molecule has 2 rings (SSSR count). The summed E-state index contributed by atoms with van der Waals surface area (Å²) in [4.78, 5) is 4.45. The van der Waals surface area contributed by atoms with E-state index in [2.05, 4.69) is 22.4 Å². The highest BCUT2D eigenvalue weighted by atomic mass is 16.5. The summed E-state index contributed by atoms with van der Waals surface area (Å²) in [7, 11) is 1.94. The minimum absolute atomic E-state index is 0.236. The lowest BCUT2D eigenvalue weighted by Gasteiger charge is -2.22. The van der Waals surface area contributed by atoms with Gasteiger partial charge >= 0.3 is 0 Å². The van der Waals surface area contributed by atoms with Crippen LogP contribution >= 0.6 is 0 Å². The van der Waals surface area contributed by atoms with Crippen molar-refractivity contribution in [3.8, 4) is 5.88 Å². The van der Waals surface area contributed by atoms with Crippen LogP contribution in [0.15, 0.2) is 30.5 Å². The van der Waals surface area contributed by atoms with E-state index in [-0.39, 0.29) is 5.60 Å². The van der Waals surface area contributed by atoms with E-state index in [1.165, 1.54) is 10.9 Å². The highest BCUT2D eigenvalue weighted by Gasteiger charge is 2.15. The van der Waals surface area contributed by atoms with Gasteiger partial charge in [0.1, 0.15) is 5.60 Å². The summed E-state index contributed by atoms with van der Waals surface area (Å²) in [6, 6.07) is 8.23. The Kier molecular flexibility index (Phi) is 3.53. The summed E-state index contributed by atoms with van der Waals surface area (Å²) in [5.74, 6) is 0.706. The van der Waals surface area contributed by atoms with E-state index in [1.54, 1.807) is 0 Å². The average Bonchev–Trinajstić information content (AvgIpc) is 2.31. The van der Waals surface area contributed by atoms with E-state index in [4.69, 9.17) is 4.74 Å². The van der Waals surface area contributed by atoms with Gasteiger partial charge in [-0.25, -0.2) is 4.98 Å². The van der Waals surface area contributed by atoms with Crippen LogP contribution in [0.4, 0.5) is 0 Å². The Balaban J connectivity index is 2.53. The van der Waals surface area contributed by atoms with Crippen molar-refractivity contribution in [1.82, 2.24) is 10.3 Å². The number of rotatable bonds is 3. The van der Waals surface area contributed by atoms with E-state index in [1.807, 2.05) is 46.1 Å².